The van der Waals surface area contributed by atoms with Gasteiger partial charge in [0.05, 0.1) is 34.9 Å². The molecule has 0 spiro atoms. The molecular weight excluding hydrogens is 522 g/mol. The Morgan fingerprint density at radius 3 is 1.76 bits per heavy atom. The van der Waals surface area contributed by atoms with Crippen LogP contribution >= 0.6 is 0 Å². The highest BCUT2D eigenvalue weighted by Gasteiger charge is 2.20. The minimum Gasteiger partial charge on any atom is -0.367 e. The molecule has 224 valence electrons. The third-order valence-electron chi connectivity index (χ3n) is 8.50. The van der Waals surface area contributed by atoms with Crippen molar-refractivity contribution in [3.63, 3.8) is 0 Å². The van der Waals surface area contributed by atoms with E-state index in [4.69, 9.17) is 15.2 Å². The van der Waals surface area contributed by atoms with Crippen LogP contribution in [-0.4, -0.2) is 83.4 Å². The summed E-state index contributed by atoms with van der Waals surface area (Å²) in [7, 11) is 2.17. The van der Waals surface area contributed by atoms with E-state index in [-0.39, 0.29) is 0 Å². The van der Waals surface area contributed by atoms with Gasteiger partial charge in [-0.3, -0.25) is 0 Å². The normalized spacial score (nSPS) is 16.1. The number of rotatable bonds is 8. The molecule has 9 heteroatoms. The van der Waals surface area contributed by atoms with Gasteiger partial charge in [-0.2, -0.15) is 5.26 Å². The number of aryl methyl sites for hydroxylation is 4. The number of nitrogens with zero attached hydrogens (tertiary/aromatic N) is 8. The quantitative estimate of drug-likeness (QED) is 0.330. The molecule has 0 radical (unpaired) electrons. The molecule has 4 heterocycles. The fourth-order valence-corrected chi connectivity index (χ4v) is 6.25. The van der Waals surface area contributed by atoms with Crippen LogP contribution < -0.4 is 15.1 Å². The fraction of sp³-hybridized carbons (Fsp3) is 0.545. The summed E-state index contributed by atoms with van der Waals surface area (Å²) in [4.78, 5) is 17.1. The number of nitriles is 1. The highest BCUT2D eigenvalue weighted by Crippen LogP contribution is 2.29. The first kappa shape index (κ1) is 29.9. The molecule has 42 heavy (non-hydrogen) atoms. The second-order valence-corrected chi connectivity index (χ2v) is 11.3. The highest BCUT2D eigenvalue weighted by atomic mass is 15.3. The van der Waals surface area contributed by atoms with Crippen molar-refractivity contribution in [3.8, 4) is 6.07 Å². The zero-order valence-corrected chi connectivity index (χ0v) is 25.9. The molecule has 4 aromatic rings. The zero-order chi connectivity index (χ0) is 29.5. The number of benzene rings is 2. The molecule has 1 N–H and O–H groups in total. The van der Waals surface area contributed by atoms with Gasteiger partial charge < -0.3 is 29.2 Å². The molecule has 0 unspecified atom stereocenters. The van der Waals surface area contributed by atoms with Crippen LogP contribution in [0, 0.1) is 11.3 Å². The van der Waals surface area contributed by atoms with Crippen LogP contribution in [0.1, 0.15) is 45.3 Å². The Labute approximate surface area is 250 Å². The Balaban J connectivity index is 0.000000169. The Bertz CT molecular complexity index is 1500. The fourth-order valence-electron chi connectivity index (χ4n) is 6.25. The van der Waals surface area contributed by atoms with Gasteiger partial charge in [0.15, 0.2) is 0 Å². The number of piperazine rings is 2. The smallest absolute Gasteiger partial charge is 0.112 e. The molecule has 2 aliphatic rings. The van der Waals surface area contributed by atoms with Gasteiger partial charge in [-0.05, 0) is 37.7 Å². The van der Waals surface area contributed by atoms with Crippen molar-refractivity contribution in [2.45, 2.75) is 59.5 Å². The lowest BCUT2D eigenvalue weighted by Gasteiger charge is -2.34. The molecule has 2 aromatic heterocycles. The largest absolute Gasteiger partial charge is 0.367 e. The average molecular weight is 570 g/mol. The molecule has 2 saturated heterocycles. The van der Waals surface area contributed by atoms with Gasteiger partial charge >= 0.3 is 0 Å². The number of para-hydroxylation sites is 2. The SMILES string of the molecule is CCCn1c(CC)nc2c(N3CCNCC3)cccc21.CCc1nc2c(N3CCN(C)CC3)cccc2n1CCC#N. The van der Waals surface area contributed by atoms with Gasteiger partial charge in [-0.1, -0.05) is 32.9 Å². The van der Waals surface area contributed by atoms with E-state index >= 15 is 0 Å². The number of likely N-dealkylation sites (N-methyl/N-ethyl adjacent to an activating group) is 1. The number of fused-ring (bicyclic) bond motifs is 2. The first-order chi connectivity index (χ1) is 20.6. The third kappa shape index (κ3) is 6.25. The number of anilines is 2. The second kappa shape index (κ2) is 14.0. The molecule has 9 nitrogen and oxygen atoms in total. The summed E-state index contributed by atoms with van der Waals surface area (Å²) in [6, 6.07) is 15.3. The van der Waals surface area contributed by atoms with Crippen LogP contribution in [0.4, 0.5) is 11.4 Å². The van der Waals surface area contributed by atoms with Gasteiger partial charge in [0.2, 0.25) is 0 Å². The lowest BCUT2D eigenvalue weighted by molar-refractivity contribution is 0.313. The van der Waals surface area contributed by atoms with Crippen molar-refractivity contribution in [1.82, 2.24) is 29.3 Å². The van der Waals surface area contributed by atoms with Crippen LogP contribution in [-0.2, 0) is 25.9 Å². The predicted octanol–water partition coefficient (Wildman–Crippen LogP) is 4.68. The van der Waals surface area contributed by atoms with Crippen LogP contribution in [0.25, 0.3) is 22.1 Å². The summed E-state index contributed by atoms with van der Waals surface area (Å²) in [6.07, 6.45) is 3.56. The number of hydrogen-bond donors (Lipinski definition) is 1. The van der Waals surface area contributed by atoms with E-state index in [1.165, 1.54) is 28.2 Å². The highest BCUT2D eigenvalue weighted by molar-refractivity contribution is 5.90. The predicted molar refractivity (Wildman–Crippen MR) is 174 cm³/mol. The molecule has 2 aliphatic heterocycles. The van der Waals surface area contributed by atoms with E-state index in [1.54, 1.807) is 0 Å². The minimum atomic E-state index is 0.525. The molecule has 0 amide bonds. The lowest BCUT2D eigenvalue weighted by atomic mass is 10.2. The molecule has 2 fully saturated rings. The topological polar surface area (TPSA) is 81.2 Å². The van der Waals surface area contributed by atoms with E-state index < -0.39 is 0 Å². The van der Waals surface area contributed by atoms with Crippen molar-refractivity contribution in [2.75, 3.05) is 69.2 Å². The first-order valence-corrected chi connectivity index (χ1v) is 15.8. The van der Waals surface area contributed by atoms with Crippen LogP contribution in [0.3, 0.4) is 0 Å². The minimum absolute atomic E-state index is 0.525. The van der Waals surface area contributed by atoms with Crippen molar-refractivity contribution in [3.05, 3.63) is 48.0 Å². The maximum Gasteiger partial charge on any atom is 0.112 e. The second-order valence-electron chi connectivity index (χ2n) is 11.3. The van der Waals surface area contributed by atoms with E-state index in [2.05, 4.69) is 99.4 Å². The van der Waals surface area contributed by atoms with E-state index in [1.807, 2.05) is 0 Å². The molecule has 6 rings (SSSR count). The summed E-state index contributed by atoms with van der Waals surface area (Å²) in [5.41, 5.74) is 7.24. The lowest BCUT2D eigenvalue weighted by Crippen LogP contribution is -2.44. The van der Waals surface area contributed by atoms with E-state index in [0.717, 1.165) is 102 Å². The average Bonchev–Trinajstić information content (AvgIpc) is 3.59. The Kier molecular flexibility index (Phi) is 9.98. The van der Waals surface area contributed by atoms with E-state index in [9.17, 15) is 0 Å². The first-order valence-electron chi connectivity index (χ1n) is 15.8. The summed E-state index contributed by atoms with van der Waals surface area (Å²) in [5.74, 6) is 2.29. The van der Waals surface area contributed by atoms with Gasteiger partial charge in [0.25, 0.3) is 0 Å². The molecule has 0 aliphatic carbocycles. The van der Waals surface area contributed by atoms with Crippen LogP contribution in [0.2, 0.25) is 0 Å². The molecule has 0 bridgehead atoms. The standard InChI is InChI=1S/C17H23N5.C16H24N4/c1-3-16-19-17-14(21-12-10-20(2)11-13-21)6-4-7-15(17)22(16)9-5-8-18;1-3-10-20-14-7-5-6-13(16(14)18-15(20)4-2)19-11-8-17-9-12-19/h4,6-7H,3,5,9-13H2,1-2H3;5-7,17H,3-4,8-12H2,1-2H3. The van der Waals surface area contributed by atoms with Crippen molar-refractivity contribution >= 4 is 33.4 Å². The summed E-state index contributed by atoms with van der Waals surface area (Å²) in [5, 5.41) is 12.3. The zero-order valence-electron chi connectivity index (χ0n) is 25.9. The van der Waals surface area contributed by atoms with Crippen LogP contribution in [0.5, 0.6) is 0 Å². The van der Waals surface area contributed by atoms with Crippen molar-refractivity contribution in [1.29, 1.82) is 5.26 Å². The maximum absolute atomic E-state index is 8.89. The number of aromatic nitrogens is 4. The number of hydrogen-bond acceptors (Lipinski definition) is 7. The van der Waals surface area contributed by atoms with Crippen molar-refractivity contribution in [2.24, 2.45) is 0 Å². The number of nitrogens with one attached hydrogen (secondary N) is 1. The Hall–Kier alpha value is -3.61. The maximum atomic E-state index is 8.89. The number of imidazole rings is 2. The van der Waals surface area contributed by atoms with E-state index in [0.29, 0.717) is 6.42 Å². The van der Waals surface area contributed by atoms with Gasteiger partial charge in [0.1, 0.15) is 22.7 Å². The van der Waals surface area contributed by atoms with Crippen molar-refractivity contribution < 1.29 is 0 Å². The third-order valence-corrected chi connectivity index (χ3v) is 8.50. The molecule has 0 saturated carbocycles. The monoisotopic (exact) mass is 569 g/mol. The van der Waals surface area contributed by atoms with Gasteiger partial charge in [-0.25, -0.2) is 9.97 Å². The summed E-state index contributed by atoms with van der Waals surface area (Å²) < 4.78 is 4.60. The molecule has 2 aromatic carbocycles. The molecule has 0 atom stereocenters. The Morgan fingerprint density at radius 1 is 0.738 bits per heavy atom. The van der Waals surface area contributed by atoms with Gasteiger partial charge in [0, 0.05) is 78.3 Å². The Morgan fingerprint density at radius 2 is 1.26 bits per heavy atom. The van der Waals surface area contributed by atoms with Gasteiger partial charge in [-0.15, -0.1) is 0 Å². The summed E-state index contributed by atoms with van der Waals surface area (Å²) in [6.45, 7) is 16.9. The van der Waals surface area contributed by atoms with Crippen LogP contribution in [0.15, 0.2) is 36.4 Å². The molecular formula is C33H47N9. The summed E-state index contributed by atoms with van der Waals surface area (Å²) >= 11 is 0.